The zero-order valence-electron chi connectivity index (χ0n) is 12.2. The predicted molar refractivity (Wildman–Crippen MR) is 76.0 cm³/mol. The van der Waals surface area contributed by atoms with E-state index < -0.39 is 0 Å². The molecular formula is C15H31NO2. The molecule has 3 nitrogen and oxygen atoms in total. The molecule has 0 aliphatic heterocycles. The largest absolute Gasteiger partial charge is 0.379 e. The lowest BCUT2D eigenvalue weighted by Gasteiger charge is -2.16. The Kier molecular flexibility index (Phi) is 9.54. The van der Waals surface area contributed by atoms with Gasteiger partial charge in [-0.2, -0.15) is 0 Å². The van der Waals surface area contributed by atoms with Gasteiger partial charge in [-0.1, -0.05) is 39.5 Å². The van der Waals surface area contributed by atoms with E-state index in [0.29, 0.717) is 5.92 Å². The molecular weight excluding hydrogens is 226 g/mol. The summed E-state index contributed by atoms with van der Waals surface area (Å²) < 4.78 is 11.0. The Labute approximate surface area is 113 Å². The lowest BCUT2D eigenvalue weighted by Crippen LogP contribution is -2.31. The van der Waals surface area contributed by atoms with Crippen molar-refractivity contribution < 1.29 is 9.47 Å². The van der Waals surface area contributed by atoms with Crippen molar-refractivity contribution in [3.63, 3.8) is 0 Å². The number of hydrogen-bond acceptors (Lipinski definition) is 3. The minimum atomic E-state index is 0.613. The molecule has 0 spiro atoms. The highest BCUT2D eigenvalue weighted by Gasteiger charge is 2.10. The van der Waals surface area contributed by atoms with Crippen LogP contribution in [0.4, 0.5) is 0 Å². The average Bonchev–Trinajstić information content (AvgIpc) is 2.61. The van der Waals surface area contributed by atoms with Gasteiger partial charge in [0.2, 0.25) is 0 Å². The molecule has 1 N–H and O–H groups in total. The average molecular weight is 257 g/mol. The molecule has 1 aliphatic carbocycles. The Morgan fingerprint density at radius 1 is 0.944 bits per heavy atom. The van der Waals surface area contributed by atoms with Gasteiger partial charge < -0.3 is 14.8 Å². The Balaban J connectivity index is 1.83. The van der Waals surface area contributed by atoms with E-state index in [0.717, 1.165) is 39.0 Å². The van der Waals surface area contributed by atoms with Gasteiger partial charge in [0, 0.05) is 19.2 Å². The molecule has 0 amide bonds. The van der Waals surface area contributed by atoms with E-state index in [1.165, 1.54) is 38.5 Å². The lowest BCUT2D eigenvalue weighted by molar-refractivity contribution is 0.0381. The van der Waals surface area contributed by atoms with Crippen molar-refractivity contribution in [3.8, 4) is 0 Å². The predicted octanol–water partition coefficient (Wildman–Crippen LogP) is 2.99. The zero-order valence-corrected chi connectivity index (χ0v) is 12.2. The summed E-state index contributed by atoms with van der Waals surface area (Å²) in [4.78, 5) is 0. The van der Waals surface area contributed by atoms with Gasteiger partial charge in [0.25, 0.3) is 0 Å². The highest BCUT2D eigenvalue weighted by molar-refractivity contribution is 4.70. The van der Waals surface area contributed by atoms with Crippen LogP contribution in [0.25, 0.3) is 0 Å². The first kappa shape index (κ1) is 15.9. The van der Waals surface area contributed by atoms with E-state index in [2.05, 4.69) is 19.2 Å². The molecule has 0 heterocycles. The third-order valence-electron chi connectivity index (χ3n) is 3.36. The van der Waals surface area contributed by atoms with Crippen molar-refractivity contribution in [1.82, 2.24) is 5.32 Å². The molecule has 108 valence electrons. The molecule has 1 rings (SSSR count). The van der Waals surface area contributed by atoms with Gasteiger partial charge in [0.05, 0.1) is 19.8 Å². The van der Waals surface area contributed by atoms with Crippen molar-refractivity contribution >= 4 is 0 Å². The first-order valence-electron chi connectivity index (χ1n) is 7.68. The zero-order chi connectivity index (χ0) is 13.1. The van der Waals surface area contributed by atoms with Crippen LogP contribution in [0.15, 0.2) is 0 Å². The minimum absolute atomic E-state index is 0.613. The maximum absolute atomic E-state index is 5.55. The molecule has 1 saturated carbocycles. The van der Waals surface area contributed by atoms with Gasteiger partial charge in [-0.3, -0.25) is 0 Å². The summed E-state index contributed by atoms with van der Waals surface area (Å²) in [6.45, 7) is 8.40. The van der Waals surface area contributed by atoms with Crippen LogP contribution >= 0.6 is 0 Å². The normalized spacial score (nSPS) is 18.2. The van der Waals surface area contributed by atoms with E-state index in [9.17, 15) is 0 Å². The van der Waals surface area contributed by atoms with Crippen LogP contribution < -0.4 is 5.32 Å². The molecule has 0 aromatic heterocycles. The summed E-state index contributed by atoms with van der Waals surface area (Å²) in [5.41, 5.74) is 0. The number of ether oxygens (including phenoxy) is 2. The molecule has 1 fully saturated rings. The summed E-state index contributed by atoms with van der Waals surface area (Å²) in [6.07, 6.45) is 8.31. The highest BCUT2D eigenvalue weighted by Crippen LogP contribution is 2.16. The summed E-state index contributed by atoms with van der Waals surface area (Å²) in [5, 5.41) is 3.60. The van der Waals surface area contributed by atoms with Gasteiger partial charge >= 0.3 is 0 Å². The minimum Gasteiger partial charge on any atom is -0.379 e. The fraction of sp³-hybridized carbons (Fsp3) is 1.00. The molecule has 0 bridgehead atoms. The quantitative estimate of drug-likeness (QED) is 0.509. The summed E-state index contributed by atoms with van der Waals surface area (Å²) in [6, 6.07) is 0.730. The maximum atomic E-state index is 5.55. The fourth-order valence-corrected chi connectivity index (χ4v) is 2.36. The van der Waals surface area contributed by atoms with Crippen LogP contribution in [0.2, 0.25) is 0 Å². The lowest BCUT2D eigenvalue weighted by atomic mass is 10.1. The van der Waals surface area contributed by atoms with Crippen LogP contribution in [0.1, 0.15) is 52.4 Å². The van der Waals surface area contributed by atoms with E-state index in [1.54, 1.807) is 0 Å². The second-order valence-corrected chi connectivity index (χ2v) is 5.72. The molecule has 0 aromatic rings. The number of rotatable bonds is 9. The van der Waals surface area contributed by atoms with Crippen molar-refractivity contribution in [2.75, 3.05) is 33.0 Å². The Morgan fingerprint density at radius 3 is 2.28 bits per heavy atom. The first-order valence-corrected chi connectivity index (χ1v) is 7.68. The van der Waals surface area contributed by atoms with Gasteiger partial charge in [-0.25, -0.2) is 0 Å². The molecule has 0 radical (unpaired) electrons. The van der Waals surface area contributed by atoms with Gasteiger partial charge in [0.1, 0.15) is 0 Å². The molecule has 0 unspecified atom stereocenters. The molecule has 0 saturated heterocycles. The number of hydrogen-bond donors (Lipinski definition) is 1. The van der Waals surface area contributed by atoms with Crippen LogP contribution in [0.5, 0.6) is 0 Å². The molecule has 1 aliphatic rings. The van der Waals surface area contributed by atoms with Crippen molar-refractivity contribution in [3.05, 3.63) is 0 Å². The number of nitrogens with one attached hydrogen (secondary N) is 1. The molecule has 18 heavy (non-hydrogen) atoms. The monoisotopic (exact) mass is 257 g/mol. The van der Waals surface area contributed by atoms with E-state index in [1.807, 2.05) is 0 Å². The van der Waals surface area contributed by atoms with E-state index in [4.69, 9.17) is 9.47 Å². The van der Waals surface area contributed by atoms with Gasteiger partial charge in [0.15, 0.2) is 0 Å². The smallest absolute Gasteiger partial charge is 0.0701 e. The fourth-order valence-electron chi connectivity index (χ4n) is 2.36. The third-order valence-corrected chi connectivity index (χ3v) is 3.36. The van der Waals surface area contributed by atoms with Crippen LogP contribution in [0.3, 0.4) is 0 Å². The van der Waals surface area contributed by atoms with Crippen molar-refractivity contribution in [2.45, 2.75) is 58.4 Å². The molecule has 0 aromatic carbocycles. The molecule has 3 heteroatoms. The van der Waals surface area contributed by atoms with Gasteiger partial charge in [-0.05, 0) is 18.8 Å². The topological polar surface area (TPSA) is 30.5 Å². The summed E-state index contributed by atoms with van der Waals surface area (Å²) >= 11 is 0. The highest BCUT2D eigenvalue weighted by atomic mass is 16.5. The first-order chi connectivity index (χ1) is 8.79. The van der Waals surface area contributed by atoms with Crippen LogP contribution in [-0.2, 0) is 9.47 Å². The Hall–Kier alpha value is -0.120. The van der Waals surface area contributed by atoms with Crippen LogP contribution in [0, 0.1) is 5.92 Å². The second kappa shape index (κ2) is 10.8. The second-order valence-electron chi connectivity index (χ2n) is 5.72. The summed E-state index contributed by atoms with van der Waals surface area (Å²) in [5.74, 6) is 0.613. The SMILES string of the molecule is CC(C)COCCOCCNC1CCCCCC1. The standard InChI is InChI=1S/C15H31NO2/c1-14(2)13-18-12-11-17-10-9-16-15-7-5-3-4-6-8-15/h14-16H,3-13H2,1-2H3. The van der Waals surface area contributed by atoms with Crippen LogP contribution in [-0.4, -0.2) is 39.0 Å². The van der Waals surface area contributed by atoms with E-state index in [-0.39, 0.29) is 0 Å². The Morgan fingerprint density at radius 2 is 1.61 bits per heavy atom. The van der Waals surface area contributed by atoms with Gasteiger partial charge in [-0.15, -0.1) is 0 Å². The maximum Gasteiger partial charge on any atom is 0.0701 e. The Bertz CT molecular complexity index is 177. The molecule has 0 atom stereocenters. The van der Waals surface area contributed by atoms with Crippen molar-refractivity contribution in [2.24, 2.45) is 5.92 Å². The summed E-state index contributed by atoms with van der Waals surface area (Å²) in [7, 11) is 0. The van der Waals surface area contributed by atoms with E-state index >= 15 is 0 Å². The third kappa shape index (κ3) is 8.90. The van der Waals surface area contributed by atoms with Crippen molar-refractivity contribution in [1.29, 1.82) is 0 Å².